The molecule has 0 aliphatic heterocycles. The molecule has 186 valence electrons. The van der Waals surface area contributed by atoms with E-state index in [1.54, 1.807) is 49.9 Å². The fraction of sp³-hybridized carbons (Fsp3) is 0.370. The van der Waals surface area contributed by atoms with Gasteiger partial charge in [-0.05, 0) is 80.1 Å². The predicted molar refractivity (Wildman–Crippen MR) is 150 cm³/mol. The van der Waals surface area contributed by atoms with E-state index in [9.17, 15) is 4.79 Å². The van der Waals surface area contributed by atoms with Crippen molar-refractivity contribution in [1.29, 1.82) is 0 Å². The minimum absolute atomic E-state index is 0.00685. The van der Waals surface area contributed by atoms with Gasteiger partial charge >= 0.3 is 0 Å². The predicted octanol–water partition coefficient (Wildman–Crippen LogP) is 9.20. The second-order valence-corrected chi connectivity index (χ2v) is 10.5. The van der Waals surface area contributed by atoms with Crippen molar-refractivity contribution in [3.63, 3.8) is 0 Å². The summed E-state index contributed by atoms with van der Waals surface area (Å²) in [5.41, 5.74) is 0.0140. The number of allylic oxidation sites excluding steroid dienone is 4. The van der Waals surface area contributed by atoms with Crippen LogP contribution in [0.5, 0.6) is 5.75 Å². The maximum atomic E-state index is 12.9. The molecule has 0 fully saturated rings. The molecule has 0 heterocycles. The van der Waals surface area contributed by atoms with Gasteiger partial charge in [-0.2, -0.15) is 0 Å². The van der Waals surface area contributed by atoms with E-state index in [0.29, 0.717) is 22.3 Å². The molecule has 0 saturated heterocycles. The highest BCUT2D eigenvalue weighted by Crippen LogP contribution is 2.35. The van der Waals surface area contributed by atoms with Gasteiger partial charge in [-0.1, -0.05) is 73.8 Å². The molecule has 2 aromatic carbocycles. The Kier molecular flexibility index (Phi) is 13.8. The molecule has 7 heteroatoms. The summed E-state index contributed by atoms with van der Waals surface area (Å²) in [6.07, 6.45) is 4.69. The molecular weight excluding hydrogens is 509 g/mol. The van der Waals surface area contributed by atoms with Gasteiger partial charge in [0.15, 0.2) is 5.60 Å². The molecule has 2 aromatic rings. The van der Waals surface area contributed by atoms with E-state index in [4.69, 9.17) is 39.5 Å². The molecule has 0 aliphatic carbocycles. The summed E-state index contributed by atoms with van der Waals surface area (Å²) in [6, 6.07) is 14.6. The van der Waals surface area contributed by atoms with E-state index in [1.165, 1.54) is 0 Å². The maximum Gasteiger partial charge on any atom is 0.263 e. The highest BCUT2D eigenvalue weighted by Gasteiger charge is 2.30. The Bertz CT molecular complexity index is 955. The SMILES string of the molecule is CC.CC/C(Cl)=C\C=C(/C)SC(CNC(=O)C(C)(C)Oc1ccc(Cl)cc1)c1ccc(Cl)cc1. The first-order valence-corrected chi connectivity index (χ1v) is 13.3. The van der Waals surface area contributed by atoms with Crippen LogP contribution in [0, 0.1) is 0 Å². The highest BCUT2D eigenvalue weighted by molar-refractivity contribution is 8.03. The molecule has 0 radical (unpaired) electrons. The van der Waals surface area contributed by atoms with Crippen LogP contribution in [0.15, 0.2) is 70.6 Å². The molecule has 1 N–H and O–H groups in total. The number of benzene rings is 2. The summed E-state index contributed by atoms with van der Waals surface area (Å²) >= 11 is 19.8. The first-order valence-electron chi connectivity index (χ1n) is 11.3. The third-order valence-electron chi connectivity index (χ3n) is 4.59. The van der Waals surface area contributed by atoms with E-state index in [-0.39, 0.29) is 11.2 Å². The van der Waals surface area contributed by atoms with Gasteiger partial charge in [-0.25, -0.2) is 0 Å². The topological polar surface area (TPSA) is 38.3 Å². The Morgan fingerprint density at radius 3 is 2.09 bits per heavy atom. The molecule has 0 aromatic heterocycles. The Morgan fingerprint density at radius 2 is 1.56 bits per heavy atom. The zero-order valence-corrected chi connectivity index (χ0v) is 23.7. The van der Waals surface area contributed by atoms with Gasteiger partial charge < -0.3 is 10.1 Å². The molecule has 0 spiro atoms. The van der Waals surface area contributed by atoms with Crippen LogP contribution >= 0.6 is 46.6 Å². The second kappa shape index (κ2) is 15.4. The Morgan fingerprint density at radius 1 is 1.03 bits per heavy atom. The van der Waals surface area contributed by atoms with Crippen molar-refractivity contribution in [2.45, 2.75) is 58.8 Å². The molecule has 0 aliphatic rings. The van der Waals surface area contributed by atoms with Gasteiger partial charge in [0.2, 0.25) is 0 Å². The number of rotatable bonds is 10. The van der Waals surface area contributed by atoms with Crippen molar-refractivity contribution in [2.75, 3.05) is 6.54 Å². The molecule has 0 bridgehead atoms. The van der Waals surface area contributed by atoms with Gasteiger partial charge in [-0.3, -0.25) is 4.79 Å². The normalized spacial score (nSPS) is 13.0. The zero-order valence-electron chi connectivity index (χ0n) is 20.6. The van der Waals surface area contributed by atoms with E-state index >= 15 is 0 Å². The average molecular weight is 543 g/mol. The zero-order chi connectivity index (χ0) is 25.7. The van der Waals surface area contributed by atoms with Crippen molar-refractivity contribution < 1.29 is 9.53 Å². The number of hydrogen-bond donors (Lipinski definition) is 1. The number of halogens is 3. The maximum absolute atomic E-state index is 12.9. The first-order chi connectivity index (χ1) is 16.1. The van der Waals surface area contributed by atoms with E-state index in [2.05, 4.69) is 5.32 Å². The summed E-state index contributed by atoms with van der Waals surface area (Å²) in [5, 5.41) is 5.11. The summed E-state index contributed by atoms with van der Waals surface area (Å²) in [7, 11) is 0. The van der Waals surface area contributed by atoms with Gasteiger partial charge in [0.05, 0.1) is 5.25 Å². The van der Waals surface area contributed by atoms with Crippen LogP contribution in [0.2, 0.25) is 10.0 Å². The third kappa shape index (κ3) is 10.8. The van der Waals surface area contributed by atoms with E-state index in [0.717, 1.165) is 21.9 Å². The van der Waals surface area contributed by atoms with Crippen molar-refractivity contribution >= 4 is 52.5 Å². The number of hydrogen-bond acceptors (Lipinski definition) is 3. The Labute approximate surface area is 223 Å². The summed E-state index contributed by atoms with van der Waals surface area (Å²) < 4.78 is 5.90. The third-order valence-corrected chi connectivity index (χ3v) is 6.72. The van der Waals surface area contributed by atoms with Crippen LogP contribution in [0.4, 0.5) is 0 Å². The molecular formula is C27H34Cl3NO2S. The minimum atomic E-state index is -1.05. The van der Waals surface area contributed by atoms with Gasteiger partial charge in [-0.15, -0.1) is 11.8 Å². The molecule has 1 atom stereocenters. The summed E-state index contributed by atoms with van der Waals surface area (Å²) in [5.74, 6) is 0.374. The van der Waals surface area contributed by atoms with E-state index in [1.807, 2.05) is 64.1 Å². The van der Waals surface area contributed by atoms with Gasteiger partial charge in [0, 0.05) is 21.6 Å². The fourth-order valence-corrected chi connectivity index (χ4v) is 4.11. The van der Waals surface area contributed by atoms with Crippen LogP contribution in [-0.4, -0.2) is 18.1 Å². The molecule has 2 rings (SSSR count). The number of nitrogens with one attached hydrogen (secondary N) is 1. The van der Waals surface area contributed by atoms with Gasteiger partial charge in [0.1, 0.15) is 5.75 Å². The monoisotopic (exact) mass is 541 g/mol. The summed E-state index contributed by atoms with van der Waals surface area (Å²) in [4.78, 5) is 14.0. The number of carbonyl (C=O) groups is 1. The molecule has 3 nitrogen and oxygen atoms in total. The fourth-order valence-electron chi connectivity index (χ4n) is 2.74. The van der Waals surface area contributed by atoms with Crippen molar-refractivity contribution in [2.24, 2.45) is 0 Å². The van der Waals surface area contributed by atoms with Crippen LogP contribution in [-0.2, 0) is 4.79 Å². The lowest BCUT2D eigenvalue weighted by molar-refractivity contribution is -0.134. The second-order valence-electron chi connectivity index (χ2n) is 7.68. The Hall–Kier alpha value is -1.59. The number of ether oxygens (including phenoxy) is 1. The minimum Gasteiger partial charge on any atom is -0.478 e. The largest absolute Gasteiger partial charge is 0.478 e. The quantitative estimate of drug-likeness (QED) is 0.304. The number of amides is 1. The number of carbonyl (C=O) groups excluding carboxylic acids is 1. The summed E-state index contributed by atoms with van der Waals surface area (Å²) in [6.45, 7) is 11.9. The number of thioether (sulfide) groups is 1. The van der Waals surface area contributed by atoms with E-state index < -0.39 is 5.60 Å². The molecule has 1 unspecified atom stereocenters. The lowest BCUT2D eigenvalue weighted by Crippen LogP contribution is -2.47. The molecule has 34 heavy (non-hydrogen) atoms. The molecule has 1 amide bonds. The lowest BCUT2D eigenvalue weighted by Gasteiger charge is -2.27. The lowest BCUT2D eigenvalue weighted by atomic mass is 10.1. The van der Waals surface area contributed by atoms with Crippen LogP contribution in [0.25, 0.3) is 0 Å². The molecule has 0 saturated carbocycles. The van der Waals surface area contributed by atoms with Gasteiger partial charge in [0.25, 0.3) is 5.91 Å². The van der Waals surface area contributed by atoms with Crippen molar-refractivity contribution in [3.05, 3.63) is 86.2 Å². The van der Waals surface area contributed by atoms with Crippen molar-refractivity contribution in [1.82, 2.24) is 5.32 Å². The average Bonchev–Trinajstić information content (AvgIpc) is 2.83. The van der Waals surface area contributed by atoms with Crippen LogP contribution < -0.4 is 10.1 Å². The smallest absolute Gasteiger partial charge is 0.263 e. The van der Waals surface area contributed by atoms with Crippen molar-refractivity contribution in [3.8, 4) is 5.75 Å². The van der Waals surface area contributed by atoms with Crippen LogP contribution in [0.3, 0.4) is 0 Å². The first kappa shape index (κ1) is 30.4. The Balaban J connectivity index is 0.00000281. The van der Waals surface area contributed by atoms with Crippen LogP contribution in [0.1, 0.15) is 58.8 Å². The highest BCUT2D eigenvalue weighted by atomic mass is 35.5. The standard InChI is InChI=1S/C25H28Cl3NO2S.C2H6/c1-5-19(26)9-6-17(2)32-23(18-7-10-20(27)11-8-18)16-29-24(30)25(3,4)31-22-14-12-21(28)13-15-22;1-2/h6-15,23H,5,16H2,1-4H3,(H,29,30);1-2H3/b17-6+,19-9+;.